The molecule has 1 aromatic heterocycles. The van der Waals surface area contributed by atoms with E-state index < -0.39 is 0 Å². The van der Waals surface area contributed by atoms with Crippen LogP contribution in [0.5, 0.6) is 0 Å². The number of carbonyl (C=O) groups excluding carboxylic acids is 1. The van der Waals surface area contributed by atoms with E-state index in [1.165, 1.54) is 0 Å². The van der Waals surface area contributed by atoms with E-state index in [9.17, 15) is 4.79 Å². The van der Waals surface area contributed by atoms with Crippen LogP contribution in [0.3, 0.4) is 0 Å². The fourth-order valence-corrected chi connectivity index (χ4v) is 2.52. The predicted octanol–water partition coefficient (Wildman–Crippen LogP) is 2.70. The molecular formula is C15H18N2OS. The summed E-state index contributed by atoms with van der Waals surface area (Å²) >= 11 is 1.64. The fourth-order valence-electron chi connectivity index (χ4n) is 1.88. The monoisotopic (exact) mass is 274 g/mol. The summed E-state index contributed by atoms with van der Waals surface area (Å²) in [6.45, 7) is 2.43. The highest BCUT2D eigenvalue weighted by Gasteiger charge is 2.21. The van der Waals surface area contributed by atoms with Gasteiger partial charge in [-0.3, -0.25) is 4.79 Å². The number of thiophene rings is 1. The van der Waals surface area contributed by atoms with Crippen LogP contribution in [0.2, 0.25) is 0 Å². The maximum absolute atomic E-state index is 12.1. The Kier molecular flexibility index (Phi) is 4.71. The first-order valence-corrected chi connectivity index (χ1v) is 7.17. The van der Waals surface area contributed by atoms with Gasteiger partial charge in [0.15, 0.2) is 0 Å². The number of amides is 1. The summed E-state index contributed by atoms with van der Waals surface area (Å²) in [5.41, 5.74) is 7.12. The van der Waals surface area contributed by atoms with E-state index in [-0.39, 0.29) is 17.9 Å². The van der Waals surface area contributed by atoms with Gasteiger partial charge in [0, 0.05) is 10.9 Å². The lowest BCUT2D eigenvalue weighted by atomic mass is 9.95. The van der Waals surface area contributed by atoms with Crippen molar-refractivity contribution in [1.29, 1.82) is 0 Å². The molecule has 0 fully saturated rings. The lowest BCUT2D eigenvalue weighted by Crippen LogP contribution is -2.35. The maximum atomic E-state index is 12.1. The number of benzene rings is 1. The average Bonchev–Trinajstić information content (AvgIpc) is 2.97. The number of carbonyl (C=O) groups is 1. The van der Waals surface area contributed by atoms with Crippen LogP contribution in [-0.4, -0.2) is 5.91 Å². The Bertz CT molecular complexity index is 510. The van der Waals surface area contributed by atoms with Crippen LogP contribution >= 0.6 is 11.3 Å². The van der Waals surface area contributed by atoms with Crippen LogP contribution < -0.4 is 11.1 Å². The molecule has 0 saturated carbocycles. The quantitative estimate of drug-likeness (QED) is 0.880. The van der Waals surface area contributed by atoms with Gasteiger partial charge in [0.05, 0.1) is 12.5 Å². The van der Waals surface area contributed by atoms with Gasteiger partial charge >= 0.3 is 0 Å². The summed E-state index contributed by atoms with van der Waals surface area (Å²) in [5, 5.41) is 4.93. The number of hydrogen-bond acceptors (Lipinski definition) is 3. The van der Waals surface area contributed by atoms with E-state index in [1.54, 1.807) is 11.3 Å². The van der Waals surface area contributed by atoms with E-state index in [0.29, 0.717) is 6.54 Å². The minimum atomic E-state index is -0.274. The highest BCUT2D eigenvalue weighted by atomic mass is 32.1. The van der Waals surface area contributed by atoms with Crippen molar-refractivity contribution in [2.24, 2.45) is 11.7 Å². The Morgan fingerprint density at radius 1 is 1.26 bits per heavy atom. The Hall–Kier alpha value is -1.65. The second kappa shape index (κ2) is 6.50. The highest BCUT2D eigenvalue weighted by Crippen LogP contribution is 2.19. The van der Waals surface area contributed by atoms with Gasteiger partial charge in [-0.05, 0) is 17.0 Å². The molecule has 2 atom stereocenters. The van der Waals surface area contributed by atoms with Crippen LogP contribution in [0.1, 0.15) is 23.4 Å². The van der Waals surface area contributed by atoms with E-state index >= 15 is 0 Å². The molecule has 1 heterocycles. The first kappa shape index (κ1) is 13.8. The SMILES string of the molecule is CC(C(=O)NCc1cccs1)C(N)c1ccccc1. The lowest BCUT2D eigenvalue weighted by Gasteiger charge is -2.19. The number of hydrogen-bond donors (Lipinski definition) is 2. The third kappa shape index (κ3) is 3.66. The Labute approximate surface area is 117 Å². The number of rotatable bonds is 5. The first-order chi connectivity index (χ1) is 9.18. The third-order valence-electron chi connectivity index (χ3n) is 3.15. The van der Waals surface area contributed by atoms with Crippen LogP contribution in [0, 0.1) is 5.92 Å². The van der Waals surface area contributed by atoms with Crippen molar-refractivity contribution < 1.29 is 4.79 Å². The van der Waals surface area contributed by atoms with Crippen molar-refractivity contribution >= 4 is 17.2 Å². The summed E-state index contributed by atoms with van der Waals surface area (Å²) in [6.07, 6.45) is 0. The van der Waals surface area contributed by atoms with Gasteiger partial charge in [-0.1, -0.05) is 43.3 Å². The molecule has 2 aromatic rings. The van der Waals surface area contributed by atoms with Crippen molar-refractivity contribution in [2.75, 3.05) is 0 Å². The molecule has 0 aliphatic rings. The van der Waals surface area contributed by atoms with Crippen LogP contribution in [0.15, 0.2) is 47.8 Å². The fraction of sp³-hybridized carbons (Fsp3) is 0.267. The van der Waals surface area contributed by atoms with Gasteiger partial charge in [-0.2, -0.15) is 0 Å². The molecular weight excluding hydrogens is 256 g/mol. The molecule has 0 aliphatic carbocycles. The van der Waals surface area contributed by atoms with Gasteiger partial charge in [0.1, 0.15) is 0 Å². The maximum Gasteiger partial charge on any atom is 0.225 e. The number of nitrogens with one attached hydrogen (secondary N) is 1. The highest BCUT2D eigenvalue weighted by molar-refractivity contribution is 7.09. The molecule has 0 saturated heterocycles. The third-order valence-corrected chi connectivity index (χ3v) is 4.03. The smallest absolute Gasteiger partial charge is 0.225 e. The molecule has 0 aliphatic heterocycles. The van der Waals surface area contributed by atoms with Crippen molar-refractivity contribution in [3.63, 3.8) is 0 Å². The Morgan fingerprint density at radius 3 is 2.63 bits per heavy atom. The predicted molar refractivity (Wildman–Crippen MR) is 78.7 cm³/mol. The zero-order valence-corrected chi connectivity index (χ0v) is 11.7. The average molecular weight is 274 g/mol. The summed E-state index contributed by atoms with van der Waals surface area (Å²) < 4.78 is 0. The van der Waals surface area contributed by atoms with E-state index in [1.807, 2.05) is 54.8 Å². The van der Waals surface area contributed by atoms with Crippen molar-refractivity contribution in [3.8, 4) is 0 Å². The van der Waals surface area contributed by atoms with Crippen LogP contribution in [0.4, 0.5) is 0 Å². The topological polar surface area (TPSA) is 55.1 Å². The van der Waals surface area contributed by atoms with Gasteiger partial charge in [0.25, 0.3) is 0 Å². The van der Waals surface area contributed by atoms with Crippen molar-refractivity contribution in [3.05, 3.63) is 58.3 Å². The van der Waals surface area contributed by atoms with Gasteiger partial charge in [-0.25, -0.2) is 0 Å². The lowest BCUT2D eigenvalue weighted by molar-refractivity contribution is -0.125. The molecule has 0 radical (unpaired) electrons. The first-order valence-electron chi connectivity index (χ1n) is 6.29. The van der Waals surface area contributed by atoms with Gasteiger partial charge in [0.2, 0.25) is 5.91 Å². The zero-order chi connectivity index (χ0) is 13.7. The molecule has 0 bridgehead atoms. The summed E-state index contributed by atoms with van der Waals surface area (Å²) in [5.74, 6) is -0.257. The van der Waals surface area contributed by atoms with Crippen molar-refractivity contribution in [1.82, 2.24) is 5.32 Å². The molecule has 2 rings (SSSR count). The summed E-state index contributed by atoms with van der Waals surface area (Å²) in [6, 6.07) is 13.4. The van der Waals surface area contributed by atoms with E-state index in [4.69, 9.17) is 5.73 Å². The molecule has 2 unspecified atom stereocenters. The standard InChI is InChI=1S/C15H18N2OS/c1-11(14(16)12-6-3-2-4-7-12)15(18)17-10-13-8-5-9-19-13/h2-9,11,14H,10,16H2,1H3,(H,17,18). The molecule has 19 heavy (non-hydrogen) atoms. The molecule has 1 aromatic carbocycles. The summed E-state index contributed by atoms with van der Waals surface area (Å²) in [7, 11) is 0. The molecule has 3 nitrogen and oxygen atoms in total. The van der Waals surface area contributed by atoms with Crippen LogP contribution in [-0.2, 0) is 11.3 Å². The Balaban J connectivity index is 1.91. The van der Waals surface area contributed by atoms with Gasteiger partial charge in [-0.15, -0.1) is 11.3 Å². The minimum absolute atomic E-state index is 0.00949. The summed E-state index contributed by atoms with van der Waals surface area (Å²) in [4.78, 5) is 13.2. The normalized spacial score (nSPS) is 13.8. The number of nitrogens with two attached hydrogens (primary N) is 1. The molecule has 3 N–H and O–H groups in total. The molecule has 1 amide bonds. The zero-order valence-electron chi connectivity index (χ0n) is 10.9. The molecule has 4 heteroatoms. The largest absolute Gasteiger partial charge is 0.351 e. The second-order valence-electron chi connectivity index (χ2n) is 4.52. The molecule has 0 spiro atoms. The van der Waals surface area contributed by atoms with Crippen LogP contribution in [0.25, 0.3) is 0 Å². The minimum Gasteiger partial charge on any atom is -0.351 e. The molecule has 100 valence electrons. The second-order valence-corrected chi connectivity index (χ2v) is 5.55. The van der Waals surface area contributed by atoms with Gasteiger partial charge < -0.3 is 11.1 Å². The van der Waals surface area contributed by atoms with E-state index in [0.717, 1.165) is 10.4 Å². The Morgan fingerprint density at radius 2 is 2.00 bits per heavy atom. The van der Waals surface area contributed by atoms with Crippen molar-refractivity contribution in [2.45, 2.75) is 19.5 Å². The van der Waals surface area contributed by atoms with E-state index in [2.05, 4.69) is 5.32 Å².